The van der Waals surface area contributed by atoms with E-state index in [0.29, 0.717) is 12.0 Å². The van der Waals surface area contributed by atoms with Crippen LogP contribution in [0.4, 0.5) is 5.69 Å². The average molecular weight is 335 g/mol. The quantitative estimate of drug-likeness (QED) is 0.903. The molecule has 0 aromatic heterocycles. The average Bonchev–Trinajstić information content (AvgIpc) is 2.62. The van der Waals surface area contributed by atoms with Crippen molar-refractivity contribution in [2.24, 2.45) is 0 Å². The van der Waals surface area contributed by atoms with Gasteiger partial charge >= 0.3 is 0 Å². The lowest BCUT2D eigenvalue weighted by atomic mass is 9.75. The molecule has 2 aliphatic rings. The Morgan fingerprint density at radius 1 is 1.20 bits per heavy atom. The Bertz CT molecular complexity index is 776. The van der Waals surface area contributed by atoms with Gasteiger partial charge in [-0.1, -0.05) is 12.1 Å². The molecular formula is C21H25N3O. The molecule has 130 valence electrons. The molecular weight excluding hydrogens is 310 g/mol. The maximum absolute atomic E-state index is 12.6. The van der Waals surface area contributed by atoms with E-state index in [4.69, 9.17) is 0 Å². The molecule has 1 aliphatic carbocycles. The van der Waals surface area contributed by atoms with Crippen molar-refractivity contribution in [3.63, 3.8) is 0 Å². The van der Waals surface area contributed by atoms with E-state index in [1.807, 2.05) is 6.92 Å². The Hall–Kier alpha value is -2.54. The standard InChI is InChI=1S/C21H25N3O/c1-4-24(5-2)16-11-9-15(10-12-16)20-17(13-22)14(3)23-18-7-6-8-19(25)21(18)20/h9-12,20,23H,4-8H2,1-3H3/t20-/m1/s1. The van der Waals surface area contributed by atoms with Crippen LogP contribution in [0.5, 0.6) is 0 Å². The molecule has 1 atom stereocenters. The Morgan fingerprint density at radius 2 is 1.88 bits per heavy atom. The molecule has 0 amide bonds. The minimum atomic E-state index is -0.236. The highest BCUT2D eigenvalue weighted by Crippen LogP contribution is 2.41. The van der Waals surface area contributed by atoms with Crippen LogP contribution in [0, 0.1) is 11.3 Å². The fraction of sp³-hybridized carbons (Fsp3) is 0.429. The molecule has 1 aliphatic heterocycles. The van der Waals surface area contributed by atoms with Crippen LogP contribution < -0.4 is 10.2 Å². The number of hydrogen-bond donors (Lipinski definition) is 1. The lowest BCUT2D eigenvalue weighted by Crippen LogP contribution is -2.31. The predicted octanol–water partition coefficient (Wildman–Crippen LogP) is 4.02. The highest BCUT2D eigenvalue weighted by Gasteiger charge is 2.35. The maximum atomic E-state index is 12.6. The molecule has 0 bridgehead atoms. The van der Waals surface area contributed by atoms with Crippen molar-refractivity contribution < 1.29 is 4.79 Å². The van der Waals surface area contributed by atoms with Crippen LogP contribution in [0.2, 0.25) is 0 Å². The number of nitrogens with one attached hydrogen (secondary N) is 1. The molecule has 0 unspecified atom stereocenters. The summed E-state index contributed by atoms with van der Waals surface area (Å²) >= 11 is 0. The van der Waals surface area contributed by atoms with E-state index in [0.717, 1.165) is 48.5 Å². The Morgan fingerprint density at radius 3 is 2.48 bits per heavy atom. The SMILES string of the molecule is CCN(CC)c1ccc([C@@H]2C(C#N)=C(C)NC3=C2C(=O)CCC3)cc1. The van der Waals surface area contributed by atoms with E-state index in [1.54, 1.807) is 0 Å². The summed E-state index contributed by atoms with van der Waals surface area (Å²) in [6.07, 6.45) is 2.34. The largest absolute Gasteiger partial charge is 0.372 e. The molecule has 0 saturated heterocycles. The van der Waals surface area contributed by atoms with Crippen molar-refractivity contribution in [1.82, 2.24) is 5.32 Å². The smallest absolute Gasteiger partial charge is 0.161 e. The molecule has 1 aromatic rings. The number of nitrogens with zero attached hydrogens (tertiary/aromatic N) is 2. The monoisotopic (exact) mass is 335 g/mol. The summed E-state index contributed by atoms with van der Waals surface area (Å²) in [5.41, 5.74) is 5.52. The highest BCUT2D eigenvalue weighted by molar-refractivity contribution is 5.99. The summed E-state index contributed by atoms with van der Waals surface area (Å²) in [6.45, 7) is 8.13. The molecule has 1 heterocycles. The number of allylic oxidation sites excluding steroid dienone is 4. The number of nitriles is 1. The van der Waals surface area contributed by atoms with E-state index >= 15 is 0 Å². The first-order valence-electron chi connectivity index (χ1n) is 9.09. The first kappa shape index (κ1) is 17.3. The third-order valence-electron chi connectivity index (χ3n) is 5.25. The lowest BCUT2D eigenvalue weighted by Gasteiger charge is -2.33. The molecule has 1 aromatic carbocycles. The molecule has 0 spiro atoms. The van der Waals surface area contributed by atoms with Crippen molar-refractivity contribution in [2.75, 3.05) is 18.0 Å². The predicted molar refractivity (Wildman–Crippen MR) is 100 cm³/mol. The third kappa shape index (κ3) is 3.07. The van der Waals surface area contributed by atoms with Gasteiger partial charge in [0.1, 0.15) is 0 Å². The van der Waals surface area contributed by atoms with Gasteiger partial charge in [0.15, 0.2) is 5.78 Å². The highest BCUT2D eigenvalue weighted by atomic mass is 16.1. The van der Waals surface area contributed by atoms with E-state index in [2.05, 4.69) is 54.4 Å². The zero-order chi connectivity index (χ0) is 18.0. The first-order chi connectivity index (χ1) is 12.1. The van der Waals surface area contributed by atoms with Gasteiger partial charge in [-0.15, -0.1) is 0 Å². The van der Waals surface area contributed by atoms with Crippen LogP contribution in [-0.2, 0) is 4.79 Å². The van der Waals surface area contributed by atoms with E-state index < -0.39 is 0 Å². The number of rotatable bonds is 4. The molecule has 0 radical (unpaired) electrons. The van der Waals surface area contributed by atoms with Crippen molar-refractivity contribution in [1.29, 1.82) is 5.26 Å². The second-order valence-corrected chi connectivity index (χ2v) is 6.64. The van der Waals surface area contributed by atoms with Crippen molar-refractivity contribution in [2.45, 2.75) is 46.0 Å². The van der Waals surface area contributed by atoms with E-state index in [-0.39, 0.29) is 11.7 Å². The fourth-order valence-corrected chi connectivity index (χ4v) is 3.93. The van der Waals surface area contributed by atoms with Gasteiger partial charge in [-0.2, -0.15) is 5.26 Å². The number of Topliss-reactive ketones (excluding diaryl/α,β-unsaturated/α-hetero) is 1. The lowest BCUT2D eigenvalue weighted by molar-refractivity contribution is -0.116. The van der Waals surface area contributed by atoms with Crippen molar-refractivity contribution in [3.05, 3.63) is 52.4 Å². The fourth-order valence-electron chi connectivity index (χ4n) is 3.93. The van der Waals surface area contributed by atoms with Crippen LogP contribution in [0.25, 0.3) is 0 Å². The minimum Gasteiger partial charge on any atom is -0.372 e. The second-order valence-electron chi connectivity index (χ2n) is 6.64. The summed E-state index contributed by atoms with van der Waals surface area (Å²) in [5, 5.41) is 13.0. The molecule has 0 fully saturated rings. The number of dihydropyridines is 1. The Labute approximate surface area is 149 Å². The third-order valence-corrected chi connectivity index (χ3v) is 5.25. The molecule has 4 nitrogen and oxygen atoms in total. The topological polar surface area (TPSA) is 56.1 Å². The first-order valence-corrected chi connectivity index (χ1v) is 9.09. The van der Waals surface area contributed by atoms with Crippen molar-refractivity contribution in [3.8, 4) is 6.07 Å². The summed E-state index contributed by atoms with van der Waals surface area (Å²) in [5.74, 6) is -0.0633. The van der Waals surface area contributed by atoms with Gasteiger partial charge in [0.2, 0.25) is 0 Å². The molecule has 4 heteroatoms. The Kier molecular flexibility index (Phi) is 4.94. The van der Waals surface area contributed by atoms with Gasteiger partial charge in [-0.25, -0.2) is 0 Å². The van der Waals surface area contributed by atoms with Crippen LogP contribution in [0.1, 0.15) is 51.5 Å². The molecule has 25 heavy (non-hydrogen) atoms. The van der Waals surface area contributed by atoms with Gasteiger partial charge < -0.3 is 10.2 Å². The van der Waals surface area contributed by atoms with Gasteiger partial charge in [-0.3, -0.25) is 4.79 Å². The molecule has 0 saturated carbocycles. The number of carbonyl (C=O) groups is 1. The summed E-state index contributed by atoms with van der Waals surface area (Å²) < 4.78 is 0. The number of anilines is 1. The number of carbonyl (C=O) groups excluding carboxylic acids is 1. The zero-order valence-corrected chi connectivity index (χ0v) is 15.2. The Balaban J connectivity index is 2.05. The van der Waals surface area contributed by atoms with Gasteiger partial charge in [0.25, 0.3) is 0 Å². The molecule has 3 rings (SSSR count). The number of benzene rings is 1. The molecule has 1 N–H and O–H groups in total. The van der Waals surface area contributed by atoms with Crippen LogP contribution in [0.15, 0.2) is 46.8 Å². The van der Waals surface area contributed by atoms with Crippen LogP contribution in [0.3, 0.4) is 0 Å². The maximum Gasteiger partial charge on any atom is 0.161 e. The minimum absolute atomic E-state index is 0.173. The zero-order valence-electron chi connectivity index (χ0n) is 15.2. The normalized spacial score (nSPS) is 20.1. The van der Waals surface area contributed by atoms with Crippen LogP contribution >= 0.6 is 0 Å². The van der Waals surface area contributed by atoms with E-state index in [1.165, 1.54) is 5.69 Å². The van der Waals surface area contributed by atoms with Crippen LogP contribution in [-0.4, -0.2) is 18.9 Å². The summed E-state index contributed by atoms with van der Waals surface area (Å²) in [6, 6.07) is 10.7. The van der Waals surface area contributed by atoms with Gasteiger partial charge in [0.05, 0.1) is 17.6 Å². The number of ketones is 1. The van der Waals surface area contributed by atoms with Gasteiger partial charge in [-0.05, 0) is 51.3 Å². The van der Waals surface area contributed by atoms with Crippen molar-refractivity contribution >= 4 is 11.5 Å². The van der Waals surface area contributed by atoms with Gasteiger partial charge in [0, 0.05) is 42.2 Å². The second kappa shape index (κ2) is 7.14. The summed E-state index contributed by atoms with van der Waals surface area (Å²) in [4.78, 5) is 14.9. The number of hydrogen-bond acceptors (Lipinski definition) is 4. The summed E-state index contributed by atoms with van der Waals surface area (Å²) in [7, 11) is 0. The van der Waals surface area contributed by atoms with E-state index in [9.17, 15) is 10.1 Å².